The van der Waals surface area contributed by atoms with Gasteiger partial charge in [0.15, 0.2) is 0 Å². The lowest BCUT2D eigenvalue weighted by atomic mass is 10.1. The number of amides is 2. The number of aryl methyl sites for hydroxylation is 1. The molecule has 0 aromatic heterocycles. The summed E-state index contributed by atoms with van der Waals surface area (Å²) < 4.78 is -0.0140. The number of thioether (sulfide) groups is 1. The van der Waals surface area contributed by atoms with E-state index in [1.807, 2.05) is 11.8 Å². The number of piperazine rings is 1. The van der Waals surface area contributed by atoms with Crippen LogP contribution in [0, 0.1) is 12.8 Å². The van der Waals surface area contributed by atoms with Crippen LogP contribution in [0.5, 0.6) is 0 Å². The van der Waals surface area contributed by atoms with Gasteiger partial charge < -0.3 is 20.4 Å². The van der Waals surface area contributed by atoms with Crippen LogP contribution in [0.25, 0.3) is 0 Å². The van der Waals surface area contributed by atoms with Gasteiger partial charge in [-0.2, -0.15) is 0 Å². The van der Waals surface area contributed by atoms with E-state index in [9.17, 15) is 9.59 Å². The third kappa shape index (κ3) is 7.51. The molecule has 1 aliphatic carbocycles. The van der Waals surface area contributed by atoms with Crippen molar-refractivity contribution in [1.82, 2.24) is 20.4 Å². The smallest absolute Gasteiger partial charge is 0.309 e. The van der Waals surface area contributed by atoms with Crippen molar-refractivity contribution in [3.63, 3.8) is 0 Å². The zero-order chi connectivity index (χ0) is 22.3. The number of nitrogens with one attached hydrogen (secondary N) is 2. The first kappa shape index (κ1) is 24.1. The molecule has 2 N–H and O–H groups in total. The molecule has 1 saturated carbocycles. The molecule has 0 spiro atoms. The second-order valence-electron chi connectivity index (χ2n) is 9.41. The Morgan fingerprint density at radius 2 is 1.65 bits per heavy atom. The summed E-state index contributed by atoms with van der Waals surface area (Å²) in [5.74, 6) is -0.709. The van der Waals surface area contributed by atoms with E-state index in [1.54, 1.807) is 0 Å². The SMILES string of the molecule is Cc1ccc(SC2(CNC(=O)C(=O)NCC(C)CN3CCN(C)CC3)CCCC2)cc1. The Morgan fingerprint density at radius 1 is 1.03 bits per heavy atom. The molecule has 1 aromatic carbocycles. The summed E-state index contributed by atoms with van der Waals surface area (Å²) in [7, 11) is 2.15. The fourth-order valence-electron chi connectivity index (χ4n) is 4.40. The lowest BCUT2D eigenvalue weighted by Crippen LogP contribution is -2.48. The Morgan fingerprint density at radius 3 is 2.29 bits per heavy atom. The van der Waals surface area contributed by atoms with E-state index in [-0.39, 0.29) is 4.75 Å². The Hall–Kier alpha value is -1.57. The van der Waals surface area contributed by atoms with Gasteiger partial charge in [0.1, 0.15) is 0 Å². The number of carbonyl (C=O) groups is 2. The minimum absolute atomic E-state index is 0.0140. The third-order valence-corrected chi connectivity index (χ3v) is 7.92. The summed E-state index contributed by atoms with van der Waals surface area (Å²) in [5.41, 5.74) is 1.25. The highest BCUT2D eigenvalue weighted by Crippen LogP contribution is 2.44. The molecule has 1 aliphatic heterocycles. The molecule has 7 heteroatoms. The van der Waals surface area contributed by atoms with E-state index in [0.717, 1.165) is 45.6 Å². The minimum Gasteiger partial charge on any atom is -0.348 e. The molecular formula is C24H38N4O2S. The molecule has 1 aromatic rings. The second kappa shape index (κ2) is 11.3. The molecule has 1 heterocycles. The van der Waals surface area contributed by atoms with Crippen molar-refractivity contribution < 1.29 is 9.59 Å². The fraction of sp³-hybridized carbons (Fsp3) is 0.667. The van der Waals surface area contributed by atoms with Gasteiger partial charge in [0.2, 0.25) is 0 Å². The highest BCUT2D eigenvalue weighted by atomic mass is 32.2. The molecule has 1 atom stereocenters. The highest BCUT2D eigenvalue weighted by molar-refractivity contribution is 8.00. The summed E-state index contributed by atoms with van der Waals surface area (Å²) >= 11 is 1.84. The number of rotatable bonds is 8. The molecule has 2 amide bonds. The quantitative estimate of drug-likeness (QED) is 0.601. The average Bonchev–Trinajstić information content (AvgIpc) is 3.22. The Bertz CT molecular complexity index is 726. The van der Waals surface area contributed by atoms with Crippen LogP contribution in [-0.2, 0) is 9.59 Å². The molecule has 31 heavy (non-hydrogen) atoms. The van der Waals surface area contributed by atoms with E-state index in [0.29, 0.717) is 19.0 Å². The molecule has 3 rings (SSSR count). The fourth-order valence-corrected chi connectivity index (χ4v) is 5.80. The number of nitrogens with zero attached hydrogens (tertiary/aromatic N) is 2. The van der Waals surface area contributed by atoms with Gasteiger partial charge in [0.25, 0.3) is 0 Å². The van der Waals surface area contributed by atoms with Crippen molar-refractivity contribution in [2.75, 3.05) is 52.9 Å². The number of hydrogen-bond donors (Lipinski definition) is 2. The van der Waals surface area contributed by atoms with Crippen molar-refractivity contribution in [3.05, 3.63) is 29.8 Å². The summed E-state index contributed by atoms with van der Waals surface area (Å²) in [6.07, 6.45) is 4.47. The normalized spacial score (nSPS) is 20.4. The summed E-state index contributed by atoms with van der Waals surface area (Å²) in [6.45, 7) is 10.5. The maximum atomic E-state index is 12.4. The predicted octanol–water partition coefficient (Wildman–Crippen LogP) is 2.52. The summed E-state index contributed by atoms with van der Waals surface area (Å²) in [6, 6.07) is 8.55. The molecule has 0 bridgehead atoms. The molecular weight excluding hydrogens is 408 g/mol. The average molecular weight is 447 g/mol. The first-order valence-corrected chi connectivity index (χ1v) is 12.4. The van der Waals surface area contributed by atoms with Crippen LogP contribution in [-0.4, -0.2) is 79.2 Å². The van der Waals surface area contributed by atoms with Gasteiger partial charge in [-0.3, -0.25) is 9.59 Å². The Labute approximate surface area is 191 Å². The van der Waals surface area contributed by atoms with E-state index in [1.165, 1.54) is 23.3 Å². The second-order valence-corrected chi connectivity index (χ2v) is 10.9. The number of carbonyl (C=O) groups excluding carboxylic acids is 2. The van der Waals surface area contributed by atoms with Gasteiger partial charge in [-0.15, -0.1) is 11.8 Å². The largest absolute Gasteiger partial charge is 0.348 e. The van der Waals surface area contributed by atoms with Crippen LogP contribution in [0.4, 0.5) is 0 Å². The molecule has 6 nitrogen and oxygen atoms in total. The maximum Gasteiger partial charge on any atom is 0.309 e. The standard InChI is InChI=1S/C24H38N4O2S/c1-19-6-8-21(9-7-19)31-24(10-4-5-11-24)18-26-23(30)22(29)25-16-20(2)17-28-14-12-27(3)13-15-28/h6-9,20H,4-5,10-18H2,1-3H3,(H,25,29)(H,26,30). The number of likely N-dealkylation sites (N-methyl/N-ethyl adjacent to an activating group) is 1. The molecule has 0 radical (unpaired) electrons. The van der Waals surface area contributed by atoms with E-state index < -0.39 is 11.8 Å². The zero-order valence-electron chi connectivity index (χ0n) is 19.3. The lowest BCUT2D eigenvalue weighted by Gasteiger charge is -2.33. The predicted molar refractivity (Wildman–Crippen MR) is 127 cm³/mol. The summed E-state index contributed by atoms with van der Waals surface area (Å²) in [4.78, 5) is 30.8. The third-order valence-electron chi connectivity index (χ3n) is 6.42. The van der Waals surface area contributed by atoms with Crippen LogP contribution in [0.3, 0.4) is 0 Å². The molecule has 1 saturated heterocycles. The lowest BCUT2D eigenvalue weighted by molar-refractivity contribution is -0.139. The zero-order valence-corrected chi connectivity index (χ0v) is 20.1. The van der Waals surface area contributed by atoms with Crippen LogP contribution in [0.2, 0.25) is 0 Å². The van der Waals surface area contributed by atoms with E-state index in [2.05, 4.69) is 65.6 Å². The van der Waals surface area contributed by atoms with Crippen LogP contribution in [0.15, 0.2) is 29.2 Å². The van der Waals surface area contributed by atoms with Gasteiger partial charge in [0.05, 0.1) is 0 Å². The first-order chi connectivity index (χ1) is 14.8. The monoisotopic (exact) mass is 446 g/mol. The Balaban J connectivity index is 1.41. The maximum absolute atomic E-state index is 12.4. The van der Waals surface area contributed by atoms with Crippen molar-refractivity contribution in [1.29, 1.82) is 0 Å². The van der Waals surface area contributed by atoms with E-state index >= 15 is 0 Å². The van der Waals surface area contributed by atoms with Crippen molar-refractivity contribution in [2.45, 2.75) is 49.2 Å². The van der Waals surface area contributed by atoms with Crippen molar-refractivity contribution in [3.8, 4) is 0 Å². The van der Waals surface area contributed by atoms with Gasteiger partial charge in [-0.05, 0) is 44.9 Å². The highest BCUT2D eigenvalue weighted by Gasteiger charge is 2.36. The van der Waals surface area contributed by atoms with Gasteiger partial charge in [-0.25, -0.2) is 0 Å². The minimum atomic E-state index is -0.515. The van der Waals surface area contributed by atoms with E-state index in [4.69, 9.17) is 0 Å². The van der Waals surface area contributed by atoms with Gasteiger partial charge in [0, 0.05) is 55.5 Å². The Kier molecular flexibility index (Phi) is 8.81. The van der Waals surface area contributed by atoms with Gasteiger partial charge in [-0.1, -0.05) is 37.5 Å². The van der Waals surface area contributed by atoms with Crippen molar-refractivity contribution >= 4 is 23.6 Å². The molecule has 1 unspecified atom stereocenters. The molecule has 172 valence electrons. The van der Waals surface area contributed by atoms with Crippen LogP contribution < -0.4 is 10.6 Å². The molecule has 2 fully saturated rings. The number of hydrogen-bond acceptors (Lipinski definition) is 5. The topological polar surface area (TPSA) is 64.7 Å². The summed E-state index contributed by atoms with van der Waals surface area (Å²) in [5, 5.41) is 5.75. The van der Waals surface area contributed by atoms with Crippen LogP contribution >= 0.6 is 11.8 Å². The number of benzene rings is 1. The first-order valence-electron chi connectivity index (χ1n) is 11.6. The van der Waals surface area contributed by atoms with Crippen molar-refractivity contribution in [2.24, 2.45) is 5.92 Å². The molecule has 2 aliphatic rings. The van der Waals surface area contributed by atoms with Crippen LogP contribution in [0.1, 0.15) is 38.2 Å². The van der Waals surface area contributed by atoms with Gasteiger partial charge >= 0.3 is 11.8 Å².